The molecule has 2 N–H and O–H groups in total. The first-order valence-corrected chi connectivity index (χ1v) is 8.56. The van der Waals surface area contributed by atoms with E-state index in [1.807, 2.05) is 32.9 Å². The summed E-state index contributed by atoms with van der Waals surface area (Å²) in [6.07, 6.45) is 2.45. The molecule has 0 unspecified atom stereocenters. The van der Waals surface area contributed by atoms with Gasteiger partial charge in [-0.2, -0.15) is 10.4 Å². The van der Waals surface area contributed by atoms with Crippen LogP contribution in [0, 0.1) is 16.7 Å². The molecular weight excluding hydrogens is 334 g/mol. The minimum Gasteiger partial charge on any atom is -0.461 e. The van der Waals surface area contributed by atoms with Crippen molar-refractivity contribution in [1.82, 2.24) is 14.6 Å². The molecule has 3 heterocycles. The molecule has 0 saturated carbocycles. The van der Waals surface area contributed by atoms with E-state index in [0.717, 1.165) is 5.69 Å². The van der Waals surface area contributed by atoms with E-state index in [4.69, 9.17) is 15.2 Å². The number of esters is 1. The maximum atomic E-state index is 12.0. The van der Waals surface area contributed by atoms with Gasteiger partial charge in [-0.15, -0.1) is 0 Å². The topological polar surface area (TPSA) is 116 Å². The Kier molecular flexibility index (Phi) is 4.59. The third-order valence-corrected chi connectivity index (χ3v) is 4.36. The van der Waals surface area contributed by atoms with E-state index in [9.17, 15) is 10.1 Å². The molecule has 0 aromatic carbocycles. The van der Waals surface area contributed by atoms with Crippen molar-refractivity contribution in [2.75, 3.05) is 12.3 Å². The summed E-state index contributed by atoms with van der Waals surface area (Å²) in [5.74, 6) is 0.0553. The second kappa shape index (κ2) is 6.57. The standard InChI is InChI=1S/C18H23N5O3/c1-17(2,3)8-15(24)25-10-18(9-19)7-6-14(26-18)12-4-5-13-16(20)21-11-22-23(12)13/h4-5,11,14H,6-8,10H2,1-3H3,(H2,20,21,22)/t14-,18-/m1/s1. The fourth-order valence-corrected chi connectivity index (χ4v) is 3.08. The Hall–Kier alpha value is -2.66. The molecule has 8 heteroatoms. The zero-order chi connectivity index (χ0) is 18.9. The summed E-state index contributed by atoms with van der Waals surface area (Å²) in [4.78, 5) is 15.9. The van der Waals surface area contributed by atoms with E-state index in [0.29, 0.717) is 24.2 Å². The van der Waals surface area contributed by atoms with E-state index >= 15 is 0 Å². The Balaban J connectivity index is 1.72. The van der Waals surface area contributed by atoms with Crippen LogP contribution in [-0.2, 0) is 14.3 Å². The van der Waals surface area contributed by atoms with Gasteiger partial charge in [0.1, 0.15) is 30.6 Å². The molecule has 1 aliphatic rings. The number of carbonyl (C=O) groups excluding carboxylic acids is 1. The SMILES string of the molecule is CC(C)(C)CC(=O)OC[C@]1(C#N)CC[C@H](c2ccc3c(N)ncnn23)O1. The number of nitrogens with two attached hydrogens (primary N) is 1. The number of nitrogens with zero attached hydrogens (tertiary/aromatic N) is 4. The monoisotopic (exact) mass is 357 g/mol. The number of nitrogen functional groups attached to an aromatic ring is 1. The summed E-state index contributed by atoms with van der Waals surface area (Å²) in [7, 11) is 0. The Morgan fingerprint density at radius 1 is 1.54 bits per heavy atom. The van der Waals surface area contributed by atoms with Gasteiger partial charge >= 0.3 is 5.97 Å². The molecule has 0 bridgehead atoms. The van der Waals surface area contributed by atoms with Gasteiger partial charge in [-0.3, -0.25) is 4.79 Å². The van der Waals surface area contributed by atoms with Gasteiger partial charge in [0.05, 0.1) is 12.1 Å². The normalized spacial score (nSPS) is 23.1. The maximum absolute atomic E-state index is 12.0. The zero-order valence-corrected chi connectivity index (χ0v) is 15.2. The van der Waals surface area contributed by atoms with Gasteiger partial charge in [0, 0.05) is 0 Å². The van der Waals surface area contributed by atoms with Crippen LogP contribution in [-0.4, -0.2) is 32.8 Å². The zero-order valence-electron chi connectivity index (χ0n) is 15.2. The van der Waals surface area contributed by atoms with Crippen molar-refractivity contribution in [2.24, 2.45) is 5.41 Å². The average molecular weight is 357 g/mol. The molecule has 1 saturated heterocycles. The van der Waals surface area contributed by atoms with E-state index in [2.05, 4.69) is 16.2 Å². The molecule has 3 rings (SSSR count). The van der Waals surface area contributed by atoms with E-state index in [1.165, 1.54) is 6.33 Å². The molecule has 0 radical (unpaired) electrons. The maximum Gasteiger partial charge on any atom is 0.306 e. The van der Waals surface area contributed by atoms with Gasteiger partial charge in [-0.1, -0.05) is 20.8 Å². The summed E-state index contributed by atoms with van der Waals surface area (Å²) >= 11 is 0. The van der Waals surface area contributed by atoms with E-state index < -0.39 is 5.60 Å². The summed E-state index contributed by atoms with van der Waals surface area (Å²) in [5, 5.41) is 13.8. The fourth-order valence-electron chi connectivity index (χ4n) is 3.08. The van der Waals surface area contributed by atoms with Gasteiger partial charge in [0.2, 0.25) is 0 Å². The largest absolute Gasteiger partial charge is 0.461 e. The second-order valence-electron chi connectivity index (χ2n) is 7.85. The highest BCUT2D eigenvalue weighted by molar-refractivity contribution is 5.70. The van der Waals surface area contributed by atoms with E-state index in [1.54, 1.807) is 4.52 Å². The van der Waals surface area contributed by atoms with Gasteiger partial charge in [-0.05, 0) is 30.4 Å². The molecule has 8 nitrogen and oxygen atoms in total. The first-order chi connectivity index (χ1) is 12.2. The first kappa shape index (κ1) is 18.1. The third-order valence-electron chi connectivity index (χ3n) is 4.36. The summed E-state index contributed by atoms with van der Waals surface area (Å²) in [6.45, 7) is 5.81. The van der Waals surface area contributed by atoms with Gasteiger partial charge in [-0.25, -0.2) is 9.50 Å². The molecule has 2 aromatic rings. The number of rotatable bonds is 4. The molecular formula is C18H23N5O3. The Morgan fingerprint density at radius 2 is 2.31 bits per heavy atom. The number of nitriles is 1. The smallest absolute Gasteiger partial charge is 0.306 e. The van der Waals surface area contributed by atoms with Crippen LogP contribution < -0.4 is 5.73 Å². The number of ether oxygens (including phenoxy) is 2. The quantitative estimate of drug-likeness (QED) is 0.835. The van der Waals surface area contributed by atoms with Crippen LogP contribution in [0.15, 0.2) is 18.5 Å². The Labute approximate surface area is 151 Å². The first-order valence-electron chi connectivity index (χ1n) is 8.56. The molecule has 0 spiro atoms. The van der Waals surface area contributed by atoms with Crippen LogP contribution in [0.5, 0.6) is 0 Å². The molecule has 2 aromatic heterocycles. The number of fused-ring (bicyclic) bond motifs is 1. The number of hydrogen-bond donors (Lipinski definition) is 1. The van der Waals surface area contributed by atoms with Crippen molar-refractivity contribution in [2.45, 2.75) is 51.7 Å². The predicted octanol–water partition coefficient (Wildman–Crippen LogP) is 2.40. The van der Waals surface area contributed by atoms with Crippen LogP contribution in [0.1, 0.15) is 51.8 Å². The van der Waals surface area contributed by atoms with Crippen LogP contribution >= 0.6 is 0 Å². The molecule has 0 amide bonds. The highest BCUT2D eigenvalue weighted by Gasteiger charge is 2.43. The van der Waals surface area contributed by atoms with Crippen molar-refractivity contribution >= 4 is 17.3 Å². The van der Waals surface area contributed by atoms with Gasteiger partial charge in [0.25, 0.3) is 0 Å². The second-order valence-corrected chi connectivity index (χ2v) is 7.85. The number of hydrogen-bond acceptors (Lipinski definition) is 7. The van der Waals surface area contributed by atoms with Gasteiger partial charge < -0.3 is 15.2 Å². The Morgan fingerprint density at radius 3 is 3.00 bits per heavy atom. The lowest BCUT2D eigenvalue weighted by atomic mass is 9.92. The lowest BCUT2D eigenvalue weighted by Crippen LogP contribution is -2.34. The highest BCUT2D eigenvalue weighted by Crippen LogP contribution is 2.40. The molecule has 26 heavy (non-hydrogen) atoms. The fraction of sp³-hybridized carbons (Fsp3) is 0.556. The van der Waals surface area contributed by atoms with Crippen LogP contribution in [0.2, 0.25) is 0 Å². The minimum absolute atomic E-state index is 0.0741. The lowest BCUT2D eigenvalue weighted by molar-refractivity contribution is -0.153. The summed E-state index contributed by atoms with van der Waals surface area (Å²) in [5.41, 5.74) is 6.04. The minimum atomic E-state index is -1.14. The third kappa shape index (κ3) is 3.63. The highest BCUT2D eigenvalue weighted by atomic mass is 16.6. The molecule has 0 aliphatic carbocycles. The molecule has 138 valence electrons. The van der Waals surface area contributed by atoms with Crippen molar-refractivity contribution in [3.05, 3.63) is 24.2 Å². The number of anilines is 1. The average Bonchev–Trinajstić information content (AvgIpc) is 3.17. The lowest BCUT2D eigenvalue weighted by Gasteiger charge is -2.23. The molecule has 2 atom stereocenters. The van der Waals surface area contributed by atoms with Crippen molar-refractivity contribution < 1.29 is 14.3 Å². The van der Waals surface area contributed by atoms with Crippen LogP contribution in [0.3, 0.4) is 0 Å². The molecule has 1 fully saturated rings. The number of carbonyl (C=O) groups is 1. The van der Waals surface area contributed by atoms with Gasteiger partial charge in [0.15, 0.2) is 11.4 Å². The molecule has 1 aliphatic heterocycles. The van der Waals surface area contributed by atoms with Crippen molar-refractivity contribution in [1.29, 1.82) is 5.26 Å². The Bertz CT molecular complexity index is 864. The van der Waals surface area contributed by atoms with Crippen molar-refractivity contribution in [3.8, 4) is 6.07 Å². The van der Waals surface area contributed by atoms with E-state index in [-0.39, 0.29) is 30.5 Å². The predicted molar refractivity (Wildman–Crippen MR) is 93.8 cm³/mol. The number of aromatic nitrogens is 3. The summed E-state index contributed by atoms with van der Waals surface area (Å²) in [6, 6.07) is 5.87. The summed E-state index contributed by atoms with van der Waals surface area (Å²) < 4.78 is 13.0. The van der Waals surface area contributed by atoms with Crippen LogP contribution in [0.4, 0.5) is 5.82 Å². The van der Waals surface area contributed by atoms with Crippen molar-refractivity contribution in [3.63, 3.8) is 0 Å². The van der Waals surface area contributed by atoms with Crippen LogP contribution in [0.25, 0.3) is 5.52 Å².